The fourth-order valence-corrected chi connectivity index (χ4v) is 3.16. The lowest BCUT2D eigenvalue weighted by molar-refractivity contribution is 0.180. The Morgan fingerprint density at radius 2 is 2.12 bits per heavy atom. The molecule has 0 fully saturated rings. The summed E-state index contributed by atoms with van der Waals surface area (Å²) in [6.07, 6.45) is 2.99. The second kappa shape index (κ2) is 7.70. The first kappa shape index (κ1) is 17.5. The number of likely N-dealkylation sites (N-methyl/N-ethyl adjacent to an activating group) is 1. The number of nitrogens with zero attached hydrogens (tertiary/aromatic N) is 2. The number of nitrogens with one attached hydrogen (secondary N) is 1. The Bertz CT molecular complexity index is 715. The zero-order valence-corrected chi connectivity index (χ0v) is 14.7. The lowest BCUT2D eigenvalue weighted by atomic mass is 10.1. The molecule has 0 bridgehead atoms. The van der Waals surface area contributed by atoms with E-state index in [0.29, 0.717) is 19.5 Å². The standard InChI is InChI=1S/C19H24FN3O2/c1-22(2)10-11-23(13-14-5-4-12-25-14)19(24)21-18-9-8-15-16(18)6-3-7-17(15)20/h3-7,12,18H,8-11,13H2,1-2H3,(H,21,24). The van der Waals surface area contributed by atoms with Gasteiger partial charge in [0.25, 0.3) is 0 Å². The van der Waals surface area contributed by atoms with Gasteiger partial charge in [0.15, 0.2) is 0 Å². The van der Waals surface area contributed by atoms with Crippen molar-refractivity contribution in [3.8, 4) is 0 Å². The van der Waals surface area contributed by atoms with E-state index in [2.05, 4.69) is 5.32 Å². The Morgan fingerprint density at radius 1 is 1.28 bits per heavy atom. The molecule has 5 nitrogen and oxygen atoms in total. The minimum Gasteiger partial charge on any atom is -0.467 e. The van der Waals surface area contributed by atoms with Crippen molar-refractivity contribution < 1.29 is 13.6 Å². The smallest absolute Gasteiger partial charge is 0.318 e. The molecule has 1 unspecified atom stereocenters. The molecule has 134 valence electrons. The molecular formula is C19H24FN3O2. The topological polar surface area (TPSA) is 48.7 Å². The number of carbonyl (C=O) groups is 1. The average Bonchev–Trinajstić information content (AvgIpc) is 3.22. The van der Waals surface area contributed by atoms with Crippen molar-refractivity contribution in [2.45, 2.75) is 25.4 Å². The number of halogens is 1. The molecule has 1 aromatic carbocycles. The van der Waals surface area contributed by atoms with Gasteiger partial charge in [0.2, 0.25) is 0 Å². The van der Waals surface area contributed by atoms with E-state index in [0.717, 1.165) is 29.9 Å². The number of benzene rings is 1. The molecule has 1 aromatic heterocycles. The molecule has 0 radical (unpaired) electrons. The average molecular weight is 345 g/mol. The van der Waals surface area contributed by atoms with Crippen LogP contribution in [0, 0.1) is 5.82 Å². The molecule has 0 saturated heterocycles. The predicted octanol–water partition coefficient (Wildman–Crippen LogP) is 3.18. The zero-order valence-electron chi connectivity index (χ0n) is 14.7. The molecule has 0 saturated carbocycles. The second-order valence-corrected chi connectivity index (χ2v) is 6.65. The monoisotopic (exact) mass is 345 g/mol. The van der Waals surface area contributed by atoms with Crippen LogP contribution in [-0.4, -0.2) is 43.0 Å². The fraction of sp³-hybridized carbons (Fsp3) is 0.421. The third-order valence-corrected chi connectivity index (χ3v) is 4.54. The van der Waals surface area contributed by atoms with Gasteiger partial charge in [-0.25, -0.2) is 9.18 Å². The van der Waals surface area contributed by atoms with Gasteiger partial charge in [-0.1, -0.05) is 12.1 Å². The van der Waals surface area contributed by atoms with Crippen LogP contribution in [0.5, 0.6) is 0 Å². The van der Waals surface area contributed by atoms with Crippen LogP contribution in [0.2, 0.25) is 0 Å². The summed E-state index contributed by atoms with van der Waals surface area (Å²) in [6, 6.07) is 8.45. The molecule has 1 aliphatic carbocycles. The molecule has 1 atom stereocenters. The third kappa shape index (κ3) is 4.20. The highest BCUT2D eigenvalue weighted by Gasteiger charge is 2.27. The summed E-state index contributed by atoms with van der Waals surface area (Å²) in [5, 5.41) is 3.06. The number of rotatable bonds is 6. The van der Waals surface area contributed by atoms with Gasteiger partial charge >= 0.3 is 6.03 Å². The van der Waals surface area contributed by atoms with Gasteiger partial charge in [0.1, 0.15) is 11.6 Å². The van der Waals surface area contributed by atoms with E-state index in [-0.39, 0.29) is 17.9 Å². The van der Waals surface area contributed by atoms with Crippen molar-refractivity contribution in [2.24, 2.45) is 0 Å². The Morgan fingerprint density at radius 3 is 2.84 bits per heavy atom. The molecule has 1 N–H and O–H groups in total. The van der Waals surface area contributed by atoms with Crippen LogP contribution < -0.4 is 5.32 Å². The van der Waals surface area contributed by atoms with E-state index in [9.17, 15) is 9.18 Å². The summed E-state index contributed by atoms with van der Waals surface area (Å²) < 4.78 is 19.3. The highest BCUT2D eigenvalue weighted by molar-refractivity contribution is 5.75. The largest absolute Gasteiger partial charge is 0.467 e. The van der Waals surface area contributed by atoms with Crippen LogP contribution in [0.4, 0.5) is 9.18 Å². The predicted molar refractivity (Wildman–Crippen MR) is 93.7 cm³/mol. The molecule has 0 spiro atoms. The van der Waals surface area contributed by atoms with Crippen LogP contribution in [0.3, 0.4) is 0 Å². The summed E-state index contributed by atoms with van der Waals surface area (Å²) in [7, 11) is 3.94. The summed E-state index contributed by atoms with van der Waals surface area (Å²) >= 11 is 0. The summed E-state index contributed by atoms with van der Waals surface area (Å²) in [5.74, 6) is 0.557. The SMILES string of the molecule is CN(C)CCN(Cc1ccco1)C(=O)NC1CCc2c(F)cccc21. The Kier molecular flexibility index (Phi) is 5.38. The van der Waals surface area contributed by atoms with E-state index in [1.54, 1.807) is 17.2 Å². The van der Waals surface area contributed by atoms with E-state index < -0.39 is 0 Å². The van der Waals surface area contributed by atoms with Crippen molar-refractivity contribution in [1.82, 2.24) is 15.1 Å². The highest BCUT2D eigenvalue weighted by Crippen LogP contribution is 2.32. The Labute approximate surface area is 147 Å². The molecule has 25 heavy (non-hydrogen) atoms. The van der Waals surface area contributed by atoms with Crippen LogP contribution in [0.15, 0.2) is 41.0 Å². The lowest BCUT2D eigenvalue weighted by Crippen LogP contribution is -2.43. The number of amides is 2. The molecule has 0 aliphatic heterocycles. The number of hydrogen-bond donors (Lipinski definition) is 1. The van der Waals surface area contributed by atoms with Crippen LogP contribution in [0.1, 0.15) is 29.3 Å². The first-order valence-corrected chi connectivity index (χ1v) is 8.54. The summed E-state index contributed by atoms with van der Waals surface area (Å²) in [6.45, 7) is 1.75. The number of furan rings is 1. The van der Waals surface area contributed by atoms with Crippen molar-refractivity contribution >= 4 is 6.03 Å². The first-order chi connectivity index (χ1) is 12.0. The van der Waals surface area contributed by atoms with Crippen LogP contribution >= 0.6 is 0 Å². The van der Waals surface area contributed by atoms with Gasteiger partial charge in [-0.2, -0.15) is 0 Å². The van der Waals surface area contributed by atoms with Crippen molar-refractivity contribution in [3.63, 3.8) is 0 Å². The van der Waals surface area contributed by atoms with Crippen molar-refractivity contribution in [1.29, 1.82) is 0 Å². The molecular weight excluding hydrogens is 321 g/mol. The fourth-order valence-electron chi connectivity index (χ4n) is 3.16. The Balaban J connectivity index is 1.69. The first-order valence-electron chi connectivity index (χ1n) is 8.54. The number of urea groups is 1. The van der Waals surface area contributed by atoms with Gasteiger partial charge in [0.05, 0.1) is 18.8 Å². The minimum absolute atomic E-state index is 0.142. The maximum absolute atomic E-state index is 13.9. The van der Waals surface area contributed by atoms with Crippen LogP contribution in [-0.2, 0) is 13.0 Å². The quantitative estimate of drug-likeness (QED) is 0.875. The number of hydrogen-bond acceptors (Lipinski definition) is 3. The summed E-state index contributed by atoms with van der Waals surface area (Å²) in [5.41, 5.74) is 1.61. The van der Waals surface area contributed by atoms with Gasteiger partial charge in [-0.05, 0) is 56.3 Å². The molecule has 1 aliphatic rings. The van der Waals surface area contributed by atoms with E-state index in [4.69, 9.17) is 4.42 Å². The van der Waals surface area contributed by atoms with Gasteiger partial charge in [0, 0.05) is 13.1 Å². The third-order valence-electron chi connectivity index (χ3n) is 4.54. The summed E-state index contributed by atoms with van der Waals surface area (Å²) in [4.78, 5) is 16.6. The molecule has 2 aromatic rings. The normalized spacial score (nSPS) is 16.1. The molecule has 3 rings (SSSR count). The van der Waals surface area contributed by atoms with Crippen LogP contribution in [0.25, 0.3) is 0 Å². The maximum Gasteiger partial charge on any atom is 0.318 e. The number of fused-ring (bicyclic) bond motifs is 1. The molecule has 2 amide bonds. The lowest BCUT2D eigenvalue weighted by Gasteiger charge is -2.26. The van der Waals surface area contributed by atoms with Gasteiger partial charge in [-0.3, -0.25) is 0 Å². The minimum atomic E-state index is -0.186. The van der Waals surface area contributed by atoms with E-state index in [1.165, 1.54) is 6.07 Å². The van der Waals surface area contributed by atoms with Crippen molar-refractivity contribution in [2.75, 3.05) is 27.2 Å². The Hall–Kier alpha value is -2.34. The second-order valence-electron chi connectivity index (χ2n) is 6.65. The van der Waals surface area contributed by atoms with Crippen molar-refractivity contribution in [3.05, 3.63) is 59.3 Å². The highest BCUT2D eigenvalue weighted by atomic mass is 19.1. The molecule has 6 heteroatoms. The van der Waals surface area contributed by atoms with Gasteiger partial charge in [-0.15, -0.1) is 0 Å². The number of carbonyl (C=O) groups excluding carboxylic acids is 1. The zero-order chi connectivity index (χ0) is 17.8. The van der Waals surface area contributed by atoms with E-state index in [1.807, 2.05) is 37.2 Å². The van der Waals surface area contributed by atoms with Gasteiger partial charge < -0.3 is 19.5 Å². The maximum atomic E-state index is 13.9. The molecule has 1 heterocycles. The van der Waals surface area contributed by atoms with E-state index >= 15 is 0 Å².